The van der Waals surface area contributed by atoms with E-state index in [0.29, 0.717) is 11.3 Å². The molecule has 0 amide bonds. The van der Waals surface area contributed by atoms with Gasteiger partial charge < -0.3 is 10.3 Å². The third-order valence-electron chi connectivity index (χ3n) is 7.04. The Bertz CT molecular complexity index is 1990. The van der Waals surface area contributed by atoms with E-state index in [1.165, 1.54) is 12.1 Å². The van der Waals surface area contributed by atoms with E-state index in [1.807, 2.05) is 86.7 Å². The fraction of sp³-hybridized carbons (Fsp3) is 0.0556. The summed E-state index contributed by atoms with van der Waals surface area (Å²) in [6, 6.07) is 20.4. The molecular weight excluding hydrogens is 521 g/mol. The van der Waals surface area contributed by atoms with Gasteiger partial charge in [0.1, 0.15) is 17.2 Å². The number of hydrogen-bond acceptors (Lipinski definition) is 3. The SMILES string of the molecule is C=C\C(=C/C(=C\C)C(/C)=C/C=c1/[nH]nc(-c2cc3c(-c4cccc(F)c4)ccnc3[nH]2)c1=C)NC(=C)c1ccccc1. The van der Waals surface area contributed by atoms with Crippen molar-refractivity contribution in [3.05, 3.63) is 149 Å². The highest BCUT2D eigenvalue weighted by Gasteiger charge is 2.12. The third kappa shape index (κ3) is 5.98. The second kappa shape index (κ2) is 12.4. The van der Waals surface area contributed by atoms with Crippen LogP contribution in [0.25, 0.3) is 51.9 Å². The summed E-state index contributed by atoms with van der Waals surface area (Å²) in [5.74, 6) is -0.282. The van der Waals surface area contributed by atoms with Crippen molar-refractivity contribution in [2.24, 2.45) is 0 Å². The van der Waals surface area contributed by atoms with Crippen LogP contribution in [-0.2, 0) is 0 Å². The molecule has 0 fully saturated rings. The average Bonchev–Trinajstić information content (AvgIpc) is 3.61. The molecule has 0 aliphatic carbocycles. The lowest BCUT2D eigenvalue weighted by molar-refractivity contribution is 0.628. The van der Waals surface area contributed by atoms with Crippen molar-refractivity contribution in [1.82, 2.24) is 25.5 Å². The topological polar surface area (TPSA) is 69.4 Å². The molecule has 0 aliphatic heterocycles. The quantitative estimate of drug-likeness (QED) is 0.170. The number of benzene rings is 2. The lowest BCUT2D eigenvalue weighted by Gasteiger charge is -2.12. The molecule has 208 valence electrons. The van der Waals surface area contributed by atoms with E-state index in [-0.39, 0.29) is 5.82 Å². The molecule has 5 aromatic rings. The second-order valence-corrected chi connectivity index (χ2v) is 9.81. The Hall–Kier alpha value is -5.49. The van der Waals surface area contributed by atoms with E-state index >= 15 is 0 Å². The fourth-order valence-electron chi connectivity index (χ4n) is 4.73. The van der Waals surface area contributed by atoms with Gasteiger partial charge in [-0.1, -0.05) is 74.4 Å². The monoisotopic (exact) mass is 553 g/mol. The number of rotatable bonds is 9. The van der Waals surface area contributed by atoms with Gasteiger partial charge in [-0.25, -0.2) is 9.37 Å². The molecule has 0 unspecified atom stereocenters. The van der Waals surface area contributed by atoms with Crippen LogP contribution in [0.5, 0.6) is 0 Å². The molecular formula is C36H32FN5. The number of aromatic amines is 2. The van der Waals surface area contributed by atoms with Gasteiger partial charge in [0.15, 0.2) is 0 Å². The van der Waals surface area contributed by atoms with Gasteiger partial charge in [0, 0.05) is 28.2 Å². The van der Waals surface area contributed by atoms with Gasteiger partial charge in [-0.3, -0.25) is 5.10 Å². The molecule has 0 atom stereocenters. The normalized spacial score (nSPS) is 13.0. The van der Waals surface area contributed by atoms with Crippen LogP contribution >= 0.6 is 0 Å². The molecule has 2 aromatic carbocycles. The first-order chi connectivity index (χ1) is 20.4. The summed E-state index contributed by atoms with van der Waals surface area (Å²) >= 11 is 0. The number of fused-ring (bicyclic) bond motifs is 1. The number of pyridine rings is 1. The van der Waals surface area contributed by atoms with E-state index in [2.05, 4.69) is 45.2 Å². The van der Waals surface area contributed by atoms with Crippen LogP contribution in [0.4, 0.5) is 4.39 Å². The predicted molar refractivity (Wildman–Crippen MR) is 173 cm³/mol. The van der Waals surface area contributed by atoms with E-state index in [4.69, 9.17) is 0 Å². The van der Waals surface area contributed by atoms with Crippen LogP contribution in [0.1, 0.15) is 19.4 Å². The number of H-pyrrole nitrogens is 2. The van der Waals surface area contributed by atoms with Crippen LogP contribution in [0.3, 0.4) is 0 Å². The van der Waals surface area contributed by atoms with Gasteiger partial charge in [-0.05, 0) is 84.2 Å². The molecule has 5 rings (SSSR count). The molecule has 3 aromatic heterocycles. The average molecular weight is 554 g/mol. The summed E-state index contributed by atoms with van der Waals surface area (Å²) in [5, 5.41) is 13.4. The van der Waals surface area contributed by atoms with E-state index in [9.17, 15) is 4.39 Å². The van der Waals surface area contributed by atoms with Crippen molar-refractivity contribution in [3.8, 4) is 22.5 Å². The molecule has 0 aliphatic rings. The van der Waals surface area contributed by atoms with Crippen molar-refractivity contribution >= 4 is 29.4 Å². The van der Waals surface area contributed by atoms with Crippen molar-refractivity contribution in [3.63, 3.8) is 0 Å². The van der Waals surface area contributed by atoms with Crippen LogP contribution < -0.4 is 15.9 Å². The molecule has 42 heavy (non-hydrogen) atoms. The summed E-state index contributed by atoms with van der Waals surface area (Å²) < 4.78 is 13.9. The fourth-order valence-corrected chi connectivity index (χ4v) is 4.73. The van der Waals surface area contributed by atoms with Gasteiger partial charge in [0.2, 0.25) is 0 Å². The molecule has 0 bridgehead atoms. The Balaban J connectivity index is 1.41. The molecule has 0 spiro atoms. The number of hydrogen-bond donors (Lipinski definition) is 3. The second-order valence-electron chi connectivity index (χ2n) is 9.81. The Kier molecular flexibility index (Phi) is 8.25. The Morgan fingerprint density at radius 1 is 1.05 bits per heavy atom. The maximum Gasteiger partial charge on any atom is 0.138 e. The molecule has 0 saturated carbocycles. The number of aromatic nitrogens is 4. The summed E-state index contributed by atoms with van der Waals surface area (Å²) in [4.78, 5) is 7.81. The van der Waals surface area contributed by atoms with Gasteiger partial charge >= 0.3 is 0 Å². The highest BCUT2D eigenvalue weighted by molar-refractivity contribution is 5.95. The smallest absolute Gasteiger partial charge is 0.138 e. The van der Waals surface area contributed by atoms with Gasteiger partial charge in [0.05, 0.1) is 11.0 Å². The van der Waals surface area contributed by atoms with Crippen LogP contribution in [0.2, 0.25) is 0 Å². The molecule has 3 heterocycles. The Morgan fingerprint density at radius 3 is 2.60 bits per heavy atom. The molecule has 3 N–H and O–H groups in total. The maximum absolute atomic E-state index is 13.9. The predicted octanol–water partition coefficient (Wildman–Crippen LogP) is 7.17. The zero-order valence-corrected chi connectivity index (χ0v) is 23.7. The third-order valence-corrected chi connectivity index (χ3v) is 7.04. The highest BCUT2D eigenvalue weighted by atomic mass is 19.1. The number of nitrogens with one attached hydrogen (secondary N) is 3. The number of nitrogens with zero attached hydrogens (tertiary/aromatic N) is 2. The van der Waals surface area contributed by atoms with Crippen molar-refractivity contribution < 1.29 is 4.39 Å². The number of allylic oxidation sites excluding steroid dienone is 6. The maximum atomic E-state index is 13.9. The number of halogens is 1. The zero-order chi connectivity index (χ0) is 29.6. The molecule has 5 nitrogen and oxygen atoms in total. The van der Waals surface area contributed by atoms with Gasteiger partial charge in [-0.15, -0.1) is 0 Å². The first-order valence-electron chi connectivity index (χ1n) is 13.6. The summed E-state index contributed by atoms with van der Waals surface area (Å²) in [7, 11) is 0. The summed E-state index contributed by atoms with van der Waals surface area (Å²) in [6.07, 6.45) is 11.6. The minimum atomic E-state index is -0.282. The van der Waals surface area contributed by atoms with E-state index < -0.39 is 0 Å². The minimum Gasteiger partial charge on any atom is -0.356 e. The lowest BCUT2D eigenvalue weighted by Crippen LogP contribution is -2.21. The summed E-state index contributed by atoms with van der Waals surface area (Å²) in [6.45, 7) is 16.5. The van der Waals surface area contributed by atoms with Gasteiger partial charge in [-0.2, -0.15) is 5.10 Å². The van der Waals surface area contributed by atoms with Crippen LogP contribution in [0.15, 0.2) is 127 Å². The largest absolute Gasteiger partial charge is 0.356 e. The van der Waals surface area contributed by atoms with E-state index in [1.54, 1.807) is 18.3 Å². The standard InChI is InChI=1S/C36H32FN5/c1-6-26(21-30(7-2)39-25(5)27-12-9-8-10-13-27)23(3)16-17-33-24(4)35(42-41-33)34-22-32-31(18-19-38-36(32)40-34)28-14-11-15-29(37)20-28/h6-22,39,41H,2,4-5H2,1,3H3,(H,38,40)/b23-16+,26-6+,30-21+,33-17+. The zero-order valence-electron chi connectivity index (χ0n) is 23.7. The Labute approximate surface area is 244 Å². The summed E-state index contributed by atoms with van der Waals surface area (Å²) in [5.41, 5.74) is 8.58. The first-order valence-corrected chi connectivity index (χ1v) is 13.6. The van der Waals surface area contributed by atoms with Crippen LogP contribution in [0, 0.1) is 5.82 Å². The van der Waals surface area contributed by atoms with Gasteiger partial charge in [0.25, 0.3) is 0 Å². The van der Waals surface area contributed by atoms with Crippen LogP contribution in [-0.4, -0.2) is 20.2 Å². The van der Waals surface area contributed by atoms with Crippen molar-refractivity contribution in [2.75, 3.05) is 0 Å². The van der Waals surface area contributed by atoms with Crippen molar-refractivity contribution in [1.29, 1.82) is 0 Å². The molecule has 0 radical (unpaired) electrons. The van der Waals surface area contributed by atoms with Crippen molar-refractivity contribution in [2.45, 2.75) is 13.8 Å². The molecule has 0 saturated heterocycles. The lowest BCUT2D eigenvalue weighted by atomic mass is 10.0. The van der Waals surface area contributed by atoms with E-state index in [0.717, 1.165) is 60.9 Å². The first kappa shape index (κ1) is 28.1. The Morgan fingerprint density at radius 2 is 1.86 bits per heavy atom. The highest BCUT2D eigenvalue weighted by Crippen LogP contribution is 2.30. The molecule has 6 heteroatoms. The minimum absolute atomic E-state index is 0.282.